The summed E-state index contributed by atoms with van der Waals surface area (Å²) >= 11 is 0. The Labute approximate surface area is 155 Å². The molecule has 1 unspecified atom stereocenters. The molecule has 3 nitrogen and oxygen atoms in total. The predicted molar refractivity (Wildman–Crippen MR) is 94.1 cm³/mol. The third kappa shape index (κ3) is 3.94. The standard InChI is InChI=1S/C21H20F3NO2/c22-21(23,24)17-7-5-14(6-8-17)12-25(18-9-10-18)20(26)16-11-15-3-1-2-4-19(15)27-13-16/h1-8,16,18H,9-13H2. The summed E-state index contributed by atoms with van der Waals surface area (Å²) in [5, 5.41) is 0. The van der Waals surface area contributed by atoms with Gasteiger partial charge in [0.2, 0.25) is 5.91 Å². The van der Waals surface area contributed by atoms with Gasteiger partial charge in [0.1, 0.15) is 12.4 Å². The SMILES string of the molecule is O=C(C1COc2ccccc2C1)N(Cc1ccc(C(F)(F)F)cc1)C1CC1. The molecule has 1 heterocycles. The number of hydrogen-bond acceptors (Lipinski definition) is 2. The average Bonchev–Trinajstić information content (AvgIpc) is 3.50. The van der Waals surface area contributed by atoms with Gasteiger partial charge < -0.3 is 9.64 Å². The quantitative estimate of drug-likeness (QED) is 0.790. The highest BCUT2D eigenvalue weighted by molar-refractivity contribution is 5.80. The molecular formula is C21H20F3NO2. The molecule has 0 spiro atoms. The van der Waals surface area contributed by atoms with Gasteiger partial charge in [0.25, 0.3) is 0 Å². The minimum Gasteiger partial charge on any atom is -0.492 e. The van der Waals surface area contributed by atoms with Gasteiger partial charge in [0, 0.05) is 12.6 Å². The topological polar surface area (TPSA) is 29.5 Å². The molecule has 2 aliphatic rings. The zero-order valence-corrected chi connectivity index (χ0v) is 14.7. The predicted octanol–water partition coefficient (Wildman–Crippen LogP) is 4.45. The maximum Gasteiger partial charge on any atom is 0.416 e. The number of para-hydroxylation sites is 1. The van der Waals surface area contributed by atoms with Crippen molar-refractivity contribution in [2.75, 3.05) is 6.61 Å². The molecule has 1 aliphatic carbocycles. The van der Waals surface area contributed by atoms with Crippen molar-refractivity contribution in [3.63, 3.8) is 0 Å². The van der Waals surface area contributed by atoms with Crippen LogP contribution in [0.3, 0.4) is 0 Å². The van der Waals surface area contributed by atoms with Crippen molar-refractivity contribution in [3.05, 3.63) is 65.2 Å². The van der Waals surface area contributed by atoms with Gasteiger partial charge in [-0.3, -0.25) is 4.79 Å². The molecule has 27 heavy (non-hydrogen) atoms. The first-order valence-corrected chi connectivity index (χ1v) is 9.09. The van der Waals surface area contributed by atoms with E-state index in [1.807, 2.05) is 29.2 Å². The van der Waals surface area contributed by atoms with Crippen LogP contribution in [-0.2, 0) is 23.9 Å². The number of fused-ring (bicyclic) bond motifs is 1. The molecular weight excluding hydrogens is 355 g/mol. The lowest BCUT2D eigenvalue weighted by atomic mass is 9.95. The van der Waals surface area contributed by atoms with Crippen molar-refractivity contribution in [2.24, 2.45) is 5.92 Å². The third-order valence-electron chi connectivity index (χ3n) is 5.13. The Kier molecular flexibility index (Phi) is 4.58. The van der Waals surface area contributed by atoms with E-state index in [1.54, 1.807) is 0 Å². The van der Waals surface area contributed by atoms with Crippen LogP contribution in [-0.4, -0.2) is 23.5 Å². The summed E-state index contributed by atoms with van der Waals surface area (Å²) in [7, 11) is 0. The highest BCUT2D eigenvalue weighted by Crippen LogP contribution is 2.34. The summed E-state index contributed by atoms with van der Waals surface area (Å²) < 4.78 is 43.9. The summed E-state index contributed by atoms with van der Waals surface area (Å²) in [4.78, 5) is 14.9. The van der Waals surface area contributed by atoms with Crippen molar-refractivity contribution in [1.82, 2.24) is 4.90 Å². The molecule has 0 aromatic heterocycles. The zero-order valence-electron chi connectivity index (χ0n) is 14.7. The van der Waals surface area contributed by atoms with E-state index in [0.717, 1.165) is 36.3 Å². The maximum atomic E-state index is 13.1. The summed E-state index contributed by atoms with van der Waals surface area (Å²) in [5.41, 5.74) is 1.06. The lowest BCUT2D eigenvalue weighted by Crippen LogP contribution is -2.41. The number of amides is 1. The molecule has 2 aromatic carbocycles. The molecule has 1 fully saturated rings. The van der Waals surface area contributed by atoms with E-state index in [2.05, 4.69) is 0 Å². The van der Waals surface area contributed by atoms with E-state index in [4.69, 9.17) is 4.74 Å². The summed E-state index contributed by atoms with van der Waals surface area (Å²) in [6, 6.07) is 12.9. The second-order valence-corrected chi connectivity index (χ2v) is 7.21. The Balaban J connectivity index is 1.48. The second-order valence-electron chi connectivity index (χ2n) is 7.21. The van der Waals surface area contributed by atoms with E-state index in [-0.39, 0.29) is 17.9 Å². The summed E-state index contributed by atoms with van der Waals surface area (Å²) in [6.07, 6.45) is -1.84. The minimum absolute atomic E-state index is 0.0203. The number of ether oxygens (including phenoxy) is 1. The number of rotatable bonds is 4. The van der Waals surface area contributed by atoms with Gasteiger partial charge in [-0.05, 0) is 48.6 Å². The van der Waals surface area contributed by atoms with E-state index in [1.165, 1.54) is 12.1 Å². The Hall–Kier alpha value is -2.50. The Morgan fingerprint density at radius 1 is 1.07 bits per heavy atom. The number of hydrogen-bond donors (Lipinski definition) is 0. The van der Waals surface area contributed by atoms with Crippen molar-refractivity contribution in [3.8, 4) is 5.75 Å². The molecule has 1 saturated carbocycles. The number of benzene rings is 2. The Morgan fingerprint density at radius 2 is 1.78 bits per heavy atom. The fourth-order valence-corrected chi connectivity index (χ4v) is 3.49. The molecule has 142 valence electrons. The van der Waals surface area contributed by atoms with E-state index in [9.17, 15) is 18.0 Å². The summed E-state index contributed by atoms with van der Waals surface area (Å²) in [6.45, 7) is 0.672. The molecule has 6 heteroatoms. The van der Waals surface area contributed by atoms with E-state index in [0.29, 0.717) is 25.1 Å². The van der Waals surface area contributed by atoms with Gasteiger partial charge in [0.15, 0.2) is 0 Å². The molecule has 0 radical (unpaired) electrons. The van der Waals surface area contributed by atoms with Gasteiger partial charge in [-0.15, -0.1) is 0 Å². The Bertz CT molecular complexity index is 828. The average molecular weight is 375 g/mol. The third-order valence-corrected chi connectivity index (χ3v) is 5.13. The van der Waals surface area contributed by atoms with Crippen LogP contribution in [0.4, 0.5) is 13.2 Å². The highest BCUT2D eigenvalue weighted by Gasteiger charge is 2.37. The molecule has 1 amide bonds. The lowest BCUT2D eigenvalue weighted by Gasteiger charge is -2.30. The van der Waals surface area contributed by atoms with Crippen LogP contribution >= 0.6 is 0 Å². The molecule has 0 N–H and O–H groups in total. The largest absolute Gasteiger partial charge is 0.492 e. The highest BCUT2D eigenvalue weighted by atomic mass is 19.4. The van der Waals surface area contributed by atoms with Gasteiger partial charge >= 0.3 is 6.18 Å². The van der Waals surface area contributed by atoms with Crippen LogP contribution < -0.4 is 4.74 Å². The van der Waals surface area contributed by atoms with Crippen LogP contribution in [0, 0.1) is 5.92 Å². The number of carbonyl (C=O) groups is 1. The van der Waals surface area contributed by atoms with Crippen molar-refractivity contribution >= 4 is 5.91 Å². The molecule has 0 bridgehead atoms. The maximum absolute atomic E-state index is 13.1. The van der Waals surface area contributed by atoms with Gasteiger partial charge in [-0.25, -0.2) is 0 Å². The smallest absolute Gasteiger partial charge is 0.416 e. The van der Waals surface area contributed by atoms with Crippen LogP contribution in [0.15, 0.2) is 48.5 Å². The first-order chi connectivity index (χ1) is 12.9. The number of halogens is 3. The van der Waals surface area contributed by atoms with Gasteiger partial charge in [0.05, 0.1) is 11.5 Å². The van der Waals surface area contributed by atoms with Crippen LogP contribution in [0.5, 0.6) is 5.75 Å². The lowest BCUT2D eigenvalue weighted by molar-refractivity contribution is -0.139. The van der Waals surface area contributed by atoms with Crippen molar-refractivity contribution in [1.29, 1.82) is 0 Å². The number of alkyl halides is 3. The second kappa shape index (κ2) is 6.91. The number of nitrogens with zero attached hydrogens (tertiary/aromatic N) is 1. The molecule has 1 aliphatic heterocycles. The first-order valence-electron chi connectivity index (χ1n) is 9.09. The Morgan fingerprint density at radius 3 is 2.44 bits per heavy atom. The van der Waals surface area contributed by atoms with Crippen LogP contribution in [0.2, 0.25) is 0 Å². The van der Waals surface area contributed by atoms with Crippen molar-refractivity contribution < 1.29 is 22.7 Å². The van der Waals surface area contributed by atoms with Crippen molar-refractivity contribution in [2.45, 2.75) is 38.0 Å². The number of carbonyl (C=O) groups excluding carboxylic acids is 1. The first kappa shape index (κ1) is 17.9. The summed E-state index contributed by atoms with van der Waals surface area (Å²) in [5.74, 6) is 0.587. The van der Waals surface area contributed by atoms with E-state index < -0.39 is 11.7 Å². The zero-order chi connectivity index (χ0) is 19.0. The van der Waals surface area contributed by atoms with E-state index >= 15 is 0 Å². The monoisotopic (exact) mass is 375 g/mol. The fraction of sp³-hybridized carbons (Fsp3) is 0.381. The molecule has 1 atom stereocenters. The molecule has 4 rings (SSSR count). The normalized spacial score (nSPS) is 19.1. The van der Waals surface area contributed by atoms with Crippen LogP contribution in [0.1, 0.15) is 29.5 Å². The molecule has 0 saturated heterocycles. The van der Waals surface area contributed by atoms with Crippen LogP contribution in [0.25, 0.3) is 0 Å². The van der Waals surface area contributed by atoms with Gasteiger partial charge in [-0.2, -0.15) is 13.2 Å². The van der Waals surface area contributed by atoms with Gasteiger partial charge in [-0.1, -0.05) is 30.3 Å². The minimum atomic E-state index is -4.35. The fourth-order valence-electron chi connectivity index (χ4n) is 3.49. The molecule has 2 aromatic rings.